The quantitative estimate of drug-likeness (QED) is 0.215. The largest absolute Gasteiger partial charge is 0.333 e. The summed E-state index contributed by atoms with van der Waals surface area (Å²) >= 11 is 0. The van der Waals surface area contributed by atoms with Crippen molar-refractivity contribution in [1.82, 2.24) is 0 Å². The van der Waals surface area contributed by atoms with Crippen LogP contribution in [0.4, 0.5) is 0 Å². The van der Waals surface area contributed by atoms with E-state index >= 15 is 0 Å². The Hall–Kier alpha value is -0.740. The highest BCUT2D eigenvalue weighted by molar-refractivity contribution is 4.97. The molecule has 1 aliphatic carbocycles. The van der Waals surface area contributed by atoms with Crippen LogP contribution >= 0.6 is 0 Å². The first kappa shape index (κ1) is 29.5. The van der Waals surface area contributed by atoms with Gasteiger partial charge in [-0.3, -0.25) is 0 Å². The minimum Gasteiger partial charge on any atom is -0.333 e. The maximum absolute atomic E-state index is 4.50. The first-order valence-electron chi connectivity index (χ1n) is 11.9. The van der Waals surface area contributed by atoms with E-state index in [1.807, 2.05) is 0 Å². The molecule has 1 nitrogen and oxygen atoms in total. The monoisotopic (exact) mass is 391 g/mol. The highest BCUT2D eigenvalue weighted by atomic mass is 14.5. The Morgan fingerprint density at radius 3 is 2.18 bits per heavy atom. The van der Waals surface area contributed by atoms with Gasteiger partial charge >= 0.3 is 0 Å². The Balaban J connectivity index is 0. The van der Waals surface area contributed by atoms with Gasteiger partial charge in [0.25, 0.3) is 0 Å². The zero-order chi connectivity index (χ0) is 22.2. The molecule has 0 saturated heterocycles. The van der Waals surface area contributed by atoms with Crippen molar-refractivity contribution in [2.75, 3.05) is 7.05 Å². The van der Waals surface area contributed by atoms with E-state index in [2.05, 4.69) is 72.8 Å². The van der Waals surface area contributed by atoms with Crippen LogP contribution in [0, 0.1) is 47.9 Å². The van der Waals surface area contributed by atoms with Gasteiger partial charge in [-0.1, -0.05) is 79.7 Å². The van der Waals surface area contributed by atoms with E-state index in [1.165, 1.54) is 71.3 Å². The average molecular weight is 392 g/mol. The Labute approximate surface area is 179 Å². The van der Waals surface area contributed by atoms with Gasteiger partial charge in [-0.25, -0.2) is 0 Å². The summed E-state index contributed by atoms with van der Waals surface area (Å²) in [5.74, 6) is 4.53. The van der Waals surface area contributed by atoms with Gasteiger partial charge in [0.05, 0.1) is 0 Å². The molecule has 5 atom stereocenters. The first-order chi connectivity index (χ1) is 13.4. The van der Waals surface area contributed by atoms with Gasteiger partial charge in [-0.05, 0) is 74.2 Å². The standard InChI is InChI=1S/C24H46.C2H2.CH5N/c1-8-11-13-15-20(6)22-17-18-24(7,19(4)5)23(21(22)10-3)16-14-12-9-2;2*1-2/h9,19-23H,2,8,10-18H2,1,3-7H3;1-2H;2H2,1H3. The maximum Gasteiger partial charge on any atom is -0.0195 e. The third-order valence-electron chi connectivity index (χ3n) is 7.64. The predicted octanol–water partition coefficient (Wildman–Crippen LogP) is 8.10. The molecule has 0 aromatic carbocycles. The number of allylic oxidation sites excluding steroid dienone is 1. The van der Waals surface area contributed by atoms with Crippen LogP contribution in [-0.4, -0.2) is 7.05 Å². The van der Waals surface area contributed by atoms with Crippen molar-refractivity contribution in [2.45, 2.75) is 106 Å². The summed E-state index contributed by atoms with van der Waals surface area (Å²) in [6.07, 6.45) is 24.0. The smallest absolute Gasteiger partial charge is 0.0195 e. The summed E-state index contributed by atoms with van der Waals surface area (Å²) < 4.78 is 0. The van der Waals surface area contributed by atoms with E-state index in [0.717, 1.165) is 29.6 Å². The number of unbranched alkanes of at least 4 members (excludes halogenated alkanes) is 3. The van der Waals surface area contributed by atoms with Gasteiger partial charge in [0.2, 0.25) is 0 Å². The molecule has 5 unspecified atom stereocenters. The fourth-order valence-corrected chi connectivity index (χ4v) is 5.63. The Kier molecular flexibility index (Phi) is 18.0. The molecule has 0 aromatic rings. The Morgan fingerprint density at radius 2 is 1.71 bits per heavy atom. The highest BCUT2D eigenvalue weighted by Crippen LogP contribution is 2.55. The fourth-order valence-electron chi connectivity index (χ4n) is 5.63. The molecule has 0 bridgehead atoms. The predicted molar refractivity (Wildman–Crippen MR) is 130 cm³/mol. The summed E-state index contributed by atoms with van der Waals surface area (Å²) in [6, 6.07) is 0. The van der Waals surface area contributed by atoms with Crippen molar-refractivity contribution in [2.24, 2.45) is 40.7 Å². The van der Waals surface area contributed by atoms with Crippen molar-refractivity contribution in [3.63, 3.8) is 0 Å². The fraction of sp³-hybridized carbons (Fsp3) is 0.852. The van der Waals surface area contributed by atoms with Crippen LogP contribution in [0.1, 0.15) is 106 Å². The molecule has 1 aliphatic rings. The normalized spacial score (nSPS) is 27.8. The van der Waals surface area contributed by atoms with Crippen LogP contribution in [0.25, 0.3) is 0 Å². The summed E-state index contributed by atoms with van der Waals surface area (Å²) in [4.78, 5) is 0. The third-order valence-corrected chi connectivity index (χ3v) is 7.64. The van der Waals surface area contributed by atoms with Gasteiger partial charge in [0.1, 0.15) is 0 Å². The van der Waals surface area contributed by atoms with Crippen LogP contribution in [-0.2, 0) is 0 Å². The molecule has 2 N–H and O–H groups in total. The van der Waals surface area contributed by atoms with Gasteiger partial charge in [0, 0.05) is 0 Å². The lowest BCUT2D eigenvalue weighted by Crippen LogP contribution is -2.46. The van der Waals surface area contributed by atoms with Crippen molar-refractivity contribution in [3.8, 4) is 12.8 Å². The average Bonchev–Trinajstić information content (AvgIpc) is 2.72. The summed E-state index contributed by atoms with van der Waals surface area (Å²) in [6.45, 7) is 18.8. The van der Waals surface area contributed by atoms with Crippen LogP contribution in [0.5, 0.6) is 0 Å². The van der Waals surface area contributed by atoms with E-state index in [1.54, 1.807) is 0 Å². The Bertz CT molecular complexity index is 383. The molecule has 0 spiro atoms. The zero-order valence-electron chi connectivity index (χ0n) is 20.5. The summed E-state index contributed by atoms with van der Waals surface area (Å²) in [5, 5.41) is 0. The lowest BCUT2D eigenvalue weighted by Gasteiger charge is -2.54. The zero-order valence-corrected chi connectivity index (χ0v) is 20.5. The minimum absolute atomic E-state index is 0.543. The van der Waals surface area contributed by atoms with E-state index < -0.39 is 0 Å². The molecule has 0 heterocycles. The molecule has 166 valence electrons. The maximum atomic E-state index is 4.50. The molecule has 28 heavy (non-hydrogen) atoms. The highest BCUT2D eigenvalue weighted by Gasteiger charge is 2.47. The van der Waals surface area contributed by atoms with Crippen molar-refractivity contribution in [1.29, 1.82) is 0 Å². The van der Waals surface area contributed by atoms with E-state index in [0.29, 0.717) is 5.41 Å². The molecule has 1 saturated carbocycles. The Morgan fingerprint density at radius 1 is 1.11 bits per heavy atom. The lowest BCUT2D eigenvalue weighted by molar-refractivity contribution is -0.0430. The van der Waals surface area contributed by atoms with Crippen LogP contribution in [0.15, 0.2) is 12.7 Å². The molecule has 1 heteroatoms. The summed E-state index contributed by atoms with van der Waals surface area (Å²) in [5.41, 5.74) is 5.04. The van der Waals surface area contributed by atoms with E-state index in [9.17, 15) is 0 Å². The topological polar surface area (TPSA) is 26.0 Å². The molecule has 0 aromatic heterocycles. The molecular formula is C27H53N. The van der Waals surface area contributed by atoms with Gasteiger partial charge < -0.3 is 5.73 Å². The van der Waals surface area contributed by atoms with Crippen LogP contribution in [0.3, 0.4) is 0 Å². The van der Waals surface area contributed by atoms with Gasteiger partial charge in [-0.15, -0.1) is 19.4 Å². The first-order valence-corrected chi connectivity index (χ1v) is 11.9. The van der Waals surface area contributed by atoms with E-state index in [4.69, 9.17) is 0 Å². The molecule has 1 rings (SSSR count). The molecular weight excluding hydrogens is 338 g/mol. The van der Waals surface area contributed by atoms with Crippen molar-refractivity contribution in [3.05, 3.63) is 12.7 Å². The summed E-state index contributed by atoms with van der Waals surface area (Å²) in [7, 11) is 1.50. The molecule has 0 radical (unpaired) electrons. The number of hydrogen-bond acceptors (Lipinski definition) is 1. The number of nitrogens with two attached hydrogens (primary N) is 1. The van der Waals surface area contributed by atoms with Crippen molar-refractivity contribution >= 4 is 0 Å². The lowest BCUT2D eigenvalue weighted by atomic mass is 9.51. The third kappa shape index (κ3) is 8.73. The minimum atomic E-state index is 0.543. The number of terminal acetylenes is 1. The van der Waals surface area contributed by atoms with E-state index in [-0.39, 0.29) is 0 Å². The van der Waals surface area contributed by atoms with Crippen LogP contribution < -0.4 is 5.73 Å². The number of hydrogen-bond donors (Lipinski definition) is 1. The molecule has 0 amide bonds. The second kappa shape index (κ2) is 17.1. The van der Waals surface area contributed by atoms with Crippen molar-refractivity contribution < 1.29 is 0 Å². The number of rotatable bonds is 11. The SMILES string of the molecule is C#C.C=CCCCC1C(CC)C(C(C)CCCCC)CCC1(C)C(C)C.CN. The molecule has 0 aliphatic heterocycles. The molecule has 1 fully saturated rings. The second-order valence-electron chi connectivity index (χ2n) is 9.23. The van der Waals surface area contributed by atoms with Gasteiger partial charge in [-0.2, -0.15) is 0 Å². The van der Waals surface area contributed by atoms with Gasteiger partial charge in [0.15, 0.2) is 0 Å². The second-order valence-corrected chi connectivity index (χ2v) is 9.23. The van der Waals surface area contributed by atoms with Crippen LogP contribution in [0.2, 0.25) is 0 Å².